The van der Waals surface area contributed by atoms with Crippen molar-refractivity contribution in [2.45, 2.75) is 12.5 Å². The summed E-state index contributed by atoms with van der Waals surface area (Å²) in [7, 11) is 2.75. The molecule has 0 spiro atoms. The third kappa shape index (κ3) is 4.00. The minimum atomic E-state index is -4.67. The van der Waals surface area contributed by atoms with Gasteiger partial charge >= 0.3 is 6.18 Å². The molecule has 2 N–H and O–H groups in total. The van der Waals surface area contributed by atoms with Gasteiger partial charge in [0.15, 0.2) is 12.0 Å². The average molecular weight is 267 g/mol. The van der Waals surface area contributed by atoms with E-state index < -0.39 is 23.7 Å². The molecule has 0 amide bonds. The Morgan fingerprint density at radius 3 is 2.56 bits per heavy atom. The molecule has 0 aliphatic heterocycles. The molecule has 0 saturated carbocycles. The van der Waals surface area contributed by atoms with Crippen LogP contribution in [0.4, 0.5) is 19.1 Å². The molecule has 1 aromatic rings. The first kappa shape index (κ1) is 14.5. The lowest BCUT2D eigenvalue weighted by Gasteiger charge is -2.14. The molecule has 0 atom stereocenters. The van der Waals surface area contributed by atoms with E-state index in [4.69, 9.17) is 9.47 Å². The molecule has 0 unspecified atom stereocenters. The zero-order valence-corrected chi connectivity index (χ0v) is 9.67. The number of hydrogen-bond donors (Lipinski definition) is 2. The molecule has 102 valence electrons. The van der Waals surface area contributed by atoms with Gasteiger partial charge in [-0.1, -0.05) is 0 Å². The summed E-state index contributed by atoms with van der Waals surface area (Å²) >= 11 is 0. The first-order valence-electron chi connectivity index (χ1n) is 4.85. The molecule has 6 nitrogen and oxygen atoms in total. The third-order valence-electron chi connectivity index (χ3n) is 1.99. The van der Waals surface area contributed by atoms with Crippen molar-refractivity contribution in [1.29, 1.82) is 0 Å². The second-order valence-corrected chi connectivity index (χ2v) is 3.26. The van der Waals surface area contributed by atoms with Gasteiger partial charge in [-0.15, -0.1) is 0 Å². The van der Waals surface area contributed by atoms with Crippen LogP contribution in [-0.4, -0.2) is 37.0 Å². The van der Waals surface area contributed by atoms with E-state index in [1.54, 1.807) is 0 Å². The van der Waals surface area contributed by atoms with Crippen LogP contribution in [0.1, 0.15) is 5.69 Å². The Labute approximate surface area is 100 Å². The zero-order valence-electron chi connectivity index (χ0n) is 9.67. The lowest BCUT2D eigenvalue weighted by molar-refractivity contribution is -0.141. The predicted molar refractivity (Wildman–Crippen MR) is 56.2 cm³/mol. The van der Waals surface area contributed by atoms with Crippen LogP contribution in [0.5, 0.6) is 0 Å². The minimum absolute atomic E-state index is 0.0389. The molecule has 1 heterocycles. The van der Waals surface area contributed by atoms with Crippen LogP contribution in [0, 0.1) is 0 Å². The maximum atomic E-state index is 12.4. The summed E-state index contributed by atoms with van der Waals surface area (Å²) in [4.78, 5) is 16.4. The van der Waals surface area contributed by atoms with Crippen LogP contribution in [0.25, 0.3) is 0 Å². The number of anilines is 1. The first-order chi connectivity index (χ1) is 8.36. The largest absolute Gasteiger partial charge is 0.433 e. The van der Waals surface area contributed by atoms with Gasteiger partial charge in [0, 0.05) is 20.3 Å². The second kappa shape index (κ2) is 5.83. The lowest BCUT2D eigenvalue weighted by Crippen LogP contribution is -2.26. The Morgan fingerprint density at radius 2 is 2.06 bits per heavy atom. The van der Waals surface area contributed by atoms with Gasteiger partial charge in [-0.25, -0.2) is 4.98 Å². The molecule has 0 bridgehead atoms. The van der Waals surface area contributed by atoms with E-state index in [2.05, 4.69) is 15.3 Å². The van der Waals surface area contributed by atoms with Gasteiger partial charge in [-0.2, -0.15) is 13.2 Å². The zero-order chi connectivity index (χ0) is 13.8. The van der Waals surface area contributed by atoms with Crippen molar-refractivity contribution < 1.29 is 22.6 Å². The first-order valence-corrected chi connectivity index (χ1v) is 4.85. The van der Waals surface area contributed by atoms with Crippen LogP contribution < -0.4 is 10.9 Å². The van der Waals surface area contributed by atoms with Crippen molar-refractivity contribution in [2.75, 3.05) is 26.1 Å². The number of nitrogens with zero attached hydrogens (tertiary/aromatic N) is 1. The number of ether oxygens (including phenoxy) is 2. The Morgan fingerprint density at radius 1 is 1.44 bits per heavy atom. The summed E-state index contributed by atoms with van der Waals surface area (Å²) < 4.78 is 46.8. The molecule has 9 heteroatoms. The maximum absolute atomic E-state index is 12.4. The minimum Gasteiger partial charge on any atom is -0.354 e. The Balaban J connectivity index is 2.84. The molecule has 0 aliphatic rings. The highest BCUT2D eigenvalue weighted by Gasteiger charge is 2.33. The van der Waals surface area contributed by atoms with Gasteiger partial charge in [0.05, 0.1) is 6.54 Å². The maximum Gasteiger partial charge on any atom is 0.433 e. The van der Waals surface area contributed by atoms with Gasteiger partial charge in [-0.05, 0) is 0 Å². The van der Waals surface area contributed by atoms with Crippen molar-refractivity contribution in [3.05, 3.63) is 22.1 Å². The van der Waals surface area contributed by atoms with Crippen molar-refractivity contribution in [3.8, 4) is 0 Å². The lowest BCUT2D eigenvalue weighted by atomic mass is 10.4. The Hall–Kier alpha value is -1.61. The van der Waals surface area contributed by atoms with Crippen molar-refractivity contribution >= 4 is 5.95 Å². The molecular formula is C9H12F3N3O3. The van der Waals surface area contributed by atoms with Gasteiger partial charge in [0.25, 0.3) is 5.56 Å². The summed E-state index contributed by atoms with van der Waals surface area (Å²) in [5, 5.41) is 2.48. The van der Waals surface area contributed by atoms with E-state index >= 15 is 0 Å². The number of hydrogen-bond acceptors (Lipinski definition) is 5. The summed E-state index contributed by atoms with van der Waals surface area (Å²) in [6.07, 6.45) is -5.34. The highest BCUT2D eigenvalue weighted by Crippen LogP contribution is 2.26. The number of alkyl halides is 3. The number of halogens is 3. The summed E-state index contributed by atoms with van der Waals surface area (Å²) in [5.41, 5.74) is -2.16. The van der Waals surface area contributed by atoms with E-state index in [1.165, 1.54) is 14.2 Å². The molecule has 0 aromatic carbocycles. The Bertz CT molecular complexity index is 443. The highest BCUT2D eigenvalue weighted by atomic mass is 19.4. The molecule has 18 heavy (non-hydrogen) atoms. The van der Waals surface area contributed by atoms with Gasteiger partial charge in [-0.3, -0.25) is 9.78 Å². The summed E-state index contributed by atoms with van der Waals surface area (Å²) in [6, 6.07) is 0.384. The molecule has 1 rings (SSSR count). The average Bonchev–Trinajstić information content (AvgIpc) is 2.28. The number of rotatable bonds is 5. The second-order valence-electron chi connectivity index (χ2n) is 3.26. The van der Waals surface area contributed by atoms with E-state index in [9.17, 15) is 18.0 Å². The third-order valence-corrected chi connectivity index (χ3v) is 1.99. The number of aromatic amines is 1. The van der Waals surface area contributed by atoms with Crippen molar-refractivity contribution in [2.24, 2.45) is 0 Å². The predicted octanol–water partition coefficient (Wildman–Crippen LogP) is 0.820. The molecule has 0 radical (unpaired) electrons. The quantitative estimate of drug-likeness (QED) is 0.772. The molecule has 1 aromatic heterocycles. The van der Waals surface area contributed by atoms with E-state index in [0.717, 1.165) is 0 Å². The van der Waals surface area contributed by atoms with Crippen LogP contribution in [0.2, 0.25) is 0 Å². The van der Waals surface area contributed by atoms with Crippen LogP contribution in [-0.2, 0) is 15.7 Å². The standard InChI is InChI=1S/C9H12F3N3O3/c1-17-7(18-2)4-13-8-14-5(9(10,11)12)3-6(16)15-8/h3,7H,4H2,1-2H3,(H2,13,14,15,16). The fourth-order valence-electron chi connectivity index (χ4n) is 1.13. The van der Waals surface area contributed by atoms with Gasteiger partial charge in [0.1, 0.15) is 0 Å². The fourth-order valence-corrected chi connectivity index (χ4v) is 1.13. The smallest absolute Gasteiger partial charge is 0.354 e. The number of nitrogens with one attached hydrogen (secondary N) is 2. The fraction of sp³-hybridized carbons (Fsp3) is 0.556. The van der Waals surface area contributed by atoms with Crippen LogP contribution in [0.3, 0.4) is 0 Å². The van der Waals surface area contributed by atoms with Gasteiger partial charge < -0.3 is 14.8 Å². The molecule has 0 fully saturated rings. The molecular weight excluding hydrogens is 255 g/mol. The SMILES string of the molecule is COC(CNc1nc(C(F)(F)F)cc(=O)[nH]1)OC. The Kier molecular flexibility index (Phi) is 4.68. The molecule has 0 saturated heterocycles. The van der Waals surface area contributed by atoms with E-state index in [1.807, 2.05) is 0 Å². The monoisotopic (exact) mass is 267 g/mol. The van der Waals surface area contributed by atoms with E-state index in [0.29, 0.717) is 6.07 Å². The molecule has 0 aliphatic carbocycles. The normalized spacial score (nSPS) is 11.9. The summed E-state index contributed by atoms with van der Waals surface area (Å²) in [5.74, 6) is -0.297. The number of methoxy groups -OCH3 is 2. The van der Waals surface area contributed by atoms with Crippen molar-refractivity contribution in [1.82, 2.24) is 9.97 Å². The van der Waals surface area contributed by atoms with Crippen LogP contribution in [0.15, 0.2) is 10.9 Å². The number of aromatic nitrogens is 2. The van der Waals surface area contributed by atoms with Gasteiger partial charge in [0.2, 0.25) is 5.95 Å². The summed E-state index contributed by atoms with van der Waals surface area (Å²) in [6.45, 7) is 0.0389. The number of H-pyrrole nitrogens is 1. The van der Waals surface area contributed by atoms with E-state index in [-0.39, 0.29) is 12.5 Å². The highest BCUT2D eigenvalue weighted by molar-refractivity contribution is 5.26. The topological polar surface area (TPSA) is 76.2 Å². The van der Waals surface area contributed by atoms with Crippen molar-refractivity contribution in [3.63, 3.8) is 0 Å². The van der Waals surface area contributed by atoms with Crippen LogP contribution >= 0.6 is 0 Å².